The Kier molecular flexibility index (Phi) is 4.06. The summed E-state index contributed by atoms with van der Waals surface area (Å²) in [6, 6.07) is 0. The maximum absolute atomic E-state index is 2.24. The molecule has 0 fully saturated rings. The van der Waals surface area contributed by atoms with Crippen LogP contribution in [0.1, 0.15) is 0 Å². The van der Waals surface area contributed by atoms with E-state index in [-0.39, 0.29) is 0 Å². The van der Waals surface area contributed by atoms with Gasteiger partial charge in [-0.3, -0.25) is 0 Å². The first-order valence-corrected chi connectivity index (χ1v) is 3.79. The van der Waals surface area contributed by atoms with Crippen molar-refractivity contribution in [3.8, 4) is 0 Å². The van der Waals surface area contributed by atoms with E-state index in [1.54, 1.807) is 0 Å². The largest absolute Gasteiger partial charge is 0.340 e. The van der Waals surface area contributed by atoms with Gasteiger partial charge in [0.2, 0.25) is 0 Å². The highest BCUT2D eigenvalue weighted by Gasteiger charge is 2.25. The number of nitrogens with zero attached hydrogens (tertiary/aromatic N) is 2. The predicted molar refractivity (Wildman–Crippen MR) is 50.6 cm³/mol. The fourth-order valence-corrected chi connectivity index (χ4v) is 1.65. The van der Waals surface area contributed by atoms with Crippen LogP contribution < -0.4 is 0 Å². The summed E-state index contributed by atoms with van der Waals surface area (Å²) in [6.07, 6.45) is 0. The van der Waals surface area contributed by atoms with Crippen LogP contribution in [0.3, 0.4) is 0 Å². The zero-order valence-electron chi connectivity index (χ0n) is 8.05. The molecule has 0 aromatic heterocycles. The monoisotopic (exact) mass is 140 g/mol. The SMILES string of the molecule is CB(C)B(N(C)C)N(C)C. The second kappa shape index (κ2) is 4.04. The van der Waals surface area contributed by atoms with Gasteiger partial charge in [0.1, 0.15) is 6.60 Å². The molecule has 0 aromatic carbocycles. The smallest absolute Gasteiger partial charge is 0.267 e. The fourth-order valence-electron chi connectivity index (χ4n) is 1.65. The first kappa shape index (κ1) is 10.0. The number of rotatable bonds is 3. The molecule has 0 radical (unpaired) electrons. The standard InChI is InChI=1S/C6H18B2N2/c1-7(2)8(9(3)4)10(5)6/h1-6H3. The van der Waals surface area contributed by atoms with Crippen molar-refractivity contribution in [1.82, 2.24) is 9.62 Å². The molecule has 10 heavy (non-hydrogen) atoms. The van der Waals surface area contributed by atoms with Crippen LogP contribution in [-0.4, -0.2) is 51.3 Å². The lowest BCUT2D eigenvalue weighted by atomic mass is 9.21. The molecule has 4 heteroatoms. The van der Waals surface area contributed by atoms with Crippen LogP contribution in [0.4, 0.5) is 0 Å². The van der Waals surface area contributed by atoms with Crippen LogP contribution in [-0.2, 0) is 0 Å². The van der Waals surface area contributed by atoms with E-state index in [2.05, 4.69) is 51.5 Å². The van der Waals surface area contributed by atoms with Gasteiger partial charge in [0, 0.05) is 0 Å². The van der Waals surface area contributed by atoms with Gasteiger partial charge in [-0.1, -0.05) is 13.6 Å². The van der Waals surface area contributed by atoms with Crippen molar-refractivity contribution >= 4 is 13.5 Å². The van der Waals surface area contributed by atoms with Gasteiger partial charge in [-0.25, -0.2) is 0 Å². The summed E-state index contributed by atoms with van der Waals surface area (Å²) in [5.74, 6) is 0. The van der Waals surface area contributed by atoms with Gasteiger partial charge in [0.15, 0.2) is 0 Å². The normalized spacial score (nSPS) is 10.8. The average Bonchev–Trinajstić information content (AvgIpc) is 1.59. The van der Waals surface area contributed by atoms with Gasteiger partial charge < -0.3 is 9.62 Å². The zero-order chi connectivity index (χ0) is 8.31. The van der Waals surface area contributed by atoms with Crippen molar-refractivity contribution in [3.05, 3.63) is 0 Å². The highest BCUT2D eigenvalue weighted by molar-refractivity contribution is 7.18. The Hall–Kier alpha value is 0.0499. The van der Waals surface area contributed by atoms with Crippen LogP contribution in [0.25, 0.3) is 0 Å². The molecule has 2 nitrogen and oxygen atoms in total. The molecule has 0 aliphatic heterocycles. The Bertz CT molecular complexity index is 74.7. The highest BCUT2D eigenvalue weighted by atomic mass is 15.1. The van der Waals surface area contributed by atoms with E-state index < -0.39 is 0 Å². The molecular formula is C6H18B2N2. The first-order chi connectivity index (χ1) is 4.46. The van der Waals surface area contributed by atoms with Crippen molar-refractivity contribution in [2.75, 3.05) is 28.2 Å². The van der Waals surface area contributed by atoms with Crippen LogP contribution in [0.15, 0.2) is 0 Å². The van der Waals surface area contributed by atoms with Crippen molar-refractivity contribution < 1.29 is 0 Å². The Morgan fingerprint density at radius 3 is 1.10 bits per heavy atom. The predicted octanol–water partition coefficient (Wildman–Crippen LogP) is 0.431. The van der Waals surface area contributed by atoms with E-state index in [1.807, 2.05) is 0 Å². The molecule has 0 aliphatic carbocycles. The summed E-state index contributed by atoms with van der Waals surface area (Å²) in [6.45, 7) is 5.72. The minimum atomic E-state index is 0.556. The molecule has 0 aliphatic rings. The third-order valence-corrected chi connectivity index (χ3v) is 1.65. The Morgan fingerprint density at radius 1 is 0.800 bits per heavy atom. The van der Waals surface area contributed by atoms with E-state index >= 15 is 0 Å². The van der Waals surface area contributed by atoms with E-state index in [0.29, 0.717) is 13.5 Å². The van der Waals surface area contributed by atoms with Crippen LogP contribution in [0.2, 0.25) is 13.6 Å². The van der Waals surface area contributed by atoms with E-state index in [0.717, 1.165) is 0 Å². The molecule has 0 amide bonds. The Morgan fingerprint density at radius 2 is 1.10 bits per heavy atom. The van der Waals surface area contributed by atoms with Gasteiger partial charge in [-0.2, -0.15) is 0 Å². The van der Waals surface area contributed by atoms with Crippen LogP contribution in [0.5, 0.6) is 0 Å². The van der Waals surface area contributed by atoms with E-state index in [1.165, 1.54) is 0 Å². The van der Waals surface area contributed by atoms with Crippen molar-refractivity contribution in [1.29, 1.82) is 0 Å². The third kappa shape index (κ3) is 2.76. The Balaban J connectivity index is 3.98. The third-order valence-electron chi connectivity index (χ3n) is 1.65. The van der Waals surface area contributed by atoms with Crippen LogP contribution >= 0.6 is 0 Å². The van der Waals surface area contributed by atoms with E-state index in [4.69, 9.17) is 0 Å². The second-order valence-electron chi connectivity index (χ2n) is 3.58. The van der Waals surface area contributed by atoms with Crippen LogP contribution in [0, 0.1) is 0 Å². The Labute approximate surface area is 65.8 Å². The minimum Gasteiger partial charge on any atom is -0.340 e. The lowest BCUT2D eigenvalue weighted by Crippen LogP contribution is -2.54. The highest BCUT2D eigenvalue weighted by Crippen LogP contribution is 1.96. The summed E-state index contributed by atoms with van der Waals surface area (Å²) in [5, 5.41) is 0. The summed E-state index contributed by atoms with van der Waals surface area (Å²) in [5.41, 5.74) is 0. The number of hydrogen-bond donors (Lipinski definition) is 0. The molecule has 0 heterocycles. The molecule has 0 bridgehead atoms. The van der Waals surface area contributed by atoms with Gasteiger partial charge in [-0.05, 0) is 28.2 Å². The maximum Gasteiger partial charge on any atom is 0.267 e. The van der Waals surface area contributed by atoms with Crippen molar-refractivity contribution in [3.63, 3.8) is 0 Å². The number of hydrogen-bond acceptors (Lipinski definition) is 2. The molecule has 0 unspecified atom stereocenters. The second-order valence-corrected chi connectivity index (χ2v) is 3.58. The van der Waals surface area contributed by atoms with Gasteiger partial charge >= 0.3 is 0 Å². The van der Waals surface area contributed by atoms with Crippen molar-refractivity contribution in [2.45, 2.75) is 13.6 Å². The molecule has 0 spiro atoms. The molecule has 0 saturated heterocycles. The summed E-state index contributed by atoms with van der Waals surface area (Å²) in [7, 11) is 8.46. The van der Waals surface area contributed by atoms with Gasteiger partial charge in [0.05, 0.1) is 0 Å². The lowest BCUT2D eigenvalue weighted by Gasteiger charge is -2.28. The molecule has 0 saturated carbocycles. The minimum absolute atomic E-state index is 0.556. The zero-order valence-corrected chi connectivity index (χ0v) is 8.05. The molecular weight excluding hydrogens is 122 g/mol. The lowest BCUT2D eigenvalue weighted by molar-refractivity contribution is 0.537. The molecule has 0 aromatic rings. The fraction of sp³-hybridized carbons (Fsp3) is 1.00. The first-order valence-electron chi connectivity index (χ1n) is 3.79. The molecule has 0 rings (SSSR count). The quantitative estimate of drug-likeness (QED) is 0.524. The maximum atomic E-state index is 2.24. The summed E-state index contributed by atoms with van der Waals surface area (Å²) < 4.78 is 0. The average molecular weight is 140 g/mol. The van der Waals surface area contributed by atoms with Crippen molar-refractivity contribution in [2.24, 2.45) is 0 Å². The van der Waals surface area contributed by atoms with Gasteiger partial charge in [0.25, 0.3) is 6.87 Å². The summed E-state index contributed by atoms with van der Waals surface area (Å²) in [4.78, 5) is 4.48. The molecule has 58 valence electrons. The topological polar surface area (TPSA) is 6.48 Å². The van der Waals surface area contributed by atoms with E-state index in [9.17, 15) is 0 Å². The molecule has 0 atom stereocenters. The van der Waals surface area contributed by atoms with Gasteiger partial charge in [-0.15, -0.1) is 0 Å². The molecule has 0 N–H and O–H groups in total. The summed E-state index contributed by atoms with van der Waals surface area (Å²) >= 11 is 0.